The van der Waals surface area contributed by atoms with Crippen LogP contribution in [0.25, 0.3) is 20.4 Å². The van der Waals surface area contributed by atoms with Crippen LogP contribution in [0.15, 0.2) is 36.0 Å². The van der Waals surface area contributed by atoms with Crippen molar-refractivity contribution in [2.45, 2.75) is 25.3 Å². The fourth-order valence-electron chi connectivity index (χ4n) is 3.64. The van der Waals surface area contributed by atoms with Gasteiger partial charge in [-0.1, -0.05) is 0 Å². The monoisotopic (exact) mass is 384 g/mol. The Balaban J connectivity index is 1.55. The highest BCUT2D eigenvalue weighted by Gasteiger charge is 2.26. The van der Waals surface area contributed by atoms with Crippen molar-refractivity contribution in [1.29, 1.82) is 0 Å². The highest BCUT2D eigenvalue weighted by Crippen LogP contribution is 2.39. The lowest BCUT2D eigenvalue weighted by atomic mass is 10.00. The highest BCUT2D eigenvalue weighted by molar-refractivity contribution is 7.18. The number of pyridine rings is 1. The minimum atomic E-state index is -0.308. The molecule has 1 aromatic carbocycles. The van der Waals surface area contributed by atoms with E-state index >= 15 is 0 Å². The summed E-state index contributed by atoms with van der Waals surface area (Å²) in [6.45, 7) is 3.28. The maximum Gasteiger partial charge on any atom is 0.173 e. The summed E-state index contributed by atoms with van der Waals surface area (Å²) in [7, 11) is 0. The molecule has 2 N–H and O–H groups in total. The smallest absolute Gasteiger partial charge is 0.173 e. The molecule has 1 aliphatic heterocycles. The van der Waals surface area contributed by atoms with E-state index in [0.29, 0.717) is 23.2 Å². The molecular weight excluding hydrogens is 367 g/mol. The third kappa shape index (κ3) is 2.58. The van der Waals surface area contributed by atoms with Gasteiger partial charge in [-0.15, -0.1) is 22.7 Å². The molecule has 0 amide bonds. The van der Waals surface area contributed by atoms with Crippen LogP contribution in [0.2, 0.25) is 0 Å². The van der Waals surface area contributed by atoms with Gasteiger partial charge in [0.1, 0.15) is 10.3 Å². The topological polar surface area (TPSA) is 49.8 Å². The highest BCUT2D eigenvalue weighted by atomic mass is 32.1. The second kappa shape index (κ2) is 6.26. The standard InChI is InChI=1S/C19H17FN4S2/c1-10-11(4-6-21-10)16-8-12-13(5-7-22-19(12)26-16)24-14-2-3-15-18(17(14)20)23-9-25-15/h2-3,5,7-11,21H,4,6H2,1H3,(H,22,24)/t10-,11+/m1/s1. The predicted octanol–water partition coefficient (Wildman–Crippen LogP) is 5.25. The number of rotatable bonds is 3. The number of thiophene rings is 1. The number of nitrogens with zero attached hydrogens (tertiary/aromatic N) is 2. The normalized spacial score (nSPS) is 20.2. The van der Waals surface area contributed by atoms with Crippen LogP contribution in [0.4, 0.5) is 15.8 Å². The van der Waals surface area contributed by atoms with Gasteiger partial charge in [0, 0.05) is 28.4 Å². The molecule has 2 atom stereocenters. The van der Waals surface area contributed by atoms with E-state index in [0.717, 1.165) is 33.6 Å². The van der Waals surface area contributed by atoms with Gasteiger partial charge in [-0.05, 0) is 44.2 Å². The third-order valence-electron chi connectivity index (χ3n) is 5.06. The van der Waals surface area contributed by atoms with Crippen LogP contribution < -0.4 is 10.6 Å². The van der Waals surface area contributed by atoms with Gasteiger partial charge in [-0.2, -0.15) is 0 Å². The second-order valence-electron chi connectivity index (χ2n) is 6.62. The lowest BCUT2D eigenvalue weighted by molar-refractivity contribution is 0.602. The fourth-order valence-corrected chi connectivity index (χ4v) is 5.58. The fraction of sp³-hybridized carbons (Fsp3) is 0.263. The number of thiazole rings is 1. The molecule has 0 radical (unpaired) electrons. The first-order valence-corrected chi connectivity index (χ1v) is 10.3. The van der Waals surface area contributed by atoms with Gasteiger partial charge in [0.15, 0.2) is 5.82 Å². The van der Waals surface area contributed by atoms with Crippen molar-refractivity contribution in [3.05, 3.63) is 46.7 Å². The first-order chi connectivity index (χ1) is 12.7. The number of hydrogen-bond donors (Lipinski definition) is 2. The van der Waals surface area contributed by atoms with Gasteiger partial charge < -0.3 is 10.6 Å². The molecule has 0 saturated carbocycles. The molecule has 0 unspecified atom stereocenters. The van der Waals surface area contributed by atoms with E-state index in [-0.39, 0.29) is 5.82 Å². The Morgan fingerprint density at radius 2 is 2.15 bits per heavy atom. The Morgan fingerprint density at radius 3 is 3.00 bits per heavy atom. The van der Waals surface area contributed by atoms with Crippen molar-refractivity contribution in [1.82, 2.24) is 15.3 Å². The molecule has 0 spiro atoms. The molecule has 1 fully saturated rings. The zero-order valence-corrected chi connectivity index (χ0v) is 15.8. The van der Waals surface area contributed by atoms with Crippen molar-refractivity contribution in [3.63, 3.8) is 0 Å². The molecule has 1 saturated heterocycles. The van der Waals surface area contributed by atoms with Crippen LogP contribution in [0.5, 0.6) is 0 Å². The number of nitrogens with one attached hydrogen (secondary N) is 2. The lowest BCUT2D eigenvalue weighted by Crippen LogP contribution is -2.20. The van der Waals surface area contributed by atoms with Gasteiger partial charge in [-0.25, -0.2) is 14.4 Å². The molecule has 4 nitrogen and oxygen atoms in total. The summed E-state index contributed by atoms with van der Waals surface area (Å²) in [4.78, 5) is 11.0. The largest absolute Gasteiger partial charge is 0.352 e. The van der Waals surface area contributed by atoms with E-state index in [1.54, 1.807) is 29.1 Å². The number of fused-ring (bicyclic) bond motifs is 2. The molecule has 26 heavy (non-hydrogen) atoms. The average molecular weight is 385 g/mol. The van der Waals surface area contributed by atoms with Gasteiger partial charge in [0.05, 0.1) is 21.6 Å². The molecule has 5 rings (SSSR count). The zero-order chi connectivity index (χ0) is 17.7. The molecular formula is C19H17FN4S2. The van der Waals surface area contributed by atoms with E-state index in [1.807, 2.05) is 12.1 Å². The van der Waals surface area contributed by atoms with Crippen molar-refractivity contribution < 1.29 is 4.39 Å². The minimum absolute atomic E-state index is 0.308. The first-order valence-electron chi connectivity index (χ1n) is 8.61. The number of halogens is 1. The van der Waals surface area contributed by atoms with E-state index in [4.69, 9.17) is 0 Å². The molecule has 0 bridgehead atoms. The maximum atomic E-state index is 14.8. The second-order valence-corrected chi connectivity index (χ2v) is 8.56. The van der Waals surface area contributed by atoms with Crippen LogP contribution in [0, 0.1) is 5.82 Å². The summed E-state index contributed by atoms with van der Waals surface area (Å²) < 4.78 is 15.6. The van der Waals surface area contributed by atoms with E-state index in [9.17, 15) is 4.39 Å². The molecule has 132 valence electrons. The van der Waals surface area contributed by atoms with Crippen LogP contribution in [-0.4, -0.2) is 22.6 Å². The van der Waals surface area contributed by atoms with Crippen LogP contribution in [0.3, 0.4) is 0 Å². The van der Waals surface area contributed by atoms with Crippen molar-refractivity contribution in [2.75, 3.05) is 11.9 Å². The Kier molecular flexibility index (Phi) is 3.88. The molecule has 4 aromatic rings. The number of benzene rings is 1. The van der Waals surface area contributed by atoms with Crippen molar-refractivity contribution in [3.8, 4) is 0 Å². The number of aromatic nitrogens is 2. The Morgan fingerprint density at radius 1 is 1.23 bits per heavy atom. The first kappa shape index (κ1) is 16.1. The summed E-state index contributed by atoms with van der Waals surface area (Å²) in [5, 5.41) is 7.80. The van der Waals surface area contributed by atoms with E-state index in [1.165, 1.54) is 16.2 Å². The SMILES string of the molecule is C[C@H]1NCC[C@@H]1c1cc2c(Nc3ccc4scnc4c3F)ccnc2s1. The molecule has 1 aliphatic rings. The van der Waals surface area contributed by atoms with Gasteiger partial charge in [-0.3, -0.25) is 0 Å². The summed E-state index contributed by atoms with van der Waals surface area (Å²) >= 11 is 3.18. The van der Waals surface area contributed by atoms with Crippen molar-refractivity contribution in [2.24, 2.45) is 0 Å². The maximum absolute atomic E-state index is 14.8. The molecule has 0 aliphatic carbocycles. The molecule has 4 heterocycles. The summed E-state index contributed by atoms with van der Waals surface area (Å²) in [5.41, 5.74) is 3.41. The van der Waals surface area contributed by atoms with E-state index < -0.39 is 0 Å². The number of hydrogen-bond acceptors (Lipinski definition) is 6. The summed E-state index contributed by atoms with van der Waals surface area (Å²) in [5.74, 6) is 0.211. The van der Waals surface area contributed by atoms with Crippen LogP contribution >= 0.6 is 22.7 Å². The zero-order valence-electron chi connectivity index (χ0n) is 14.1. The van der Waals surface area contributed by atoms with Crippen molar-refractivity contribution >= 4 is 54.5 Å². The molecule has 7 heteroatoms. The quantitative estimate of drug-likeness (QED) is 0.506. The molecule has 3 aromatic heterocycles. The van der Waals surface area contributed by atoms with Gasteiger partial charge >= 0.3 is 0 Å². The van der Waals surface area contributed by atoms with Gasteiger partial charge in [0.2, 0.25) is 0 Å². The Labute approximate surface area is 158 Å². The minimum Gasteiger partial charge on any atom is -0.352 e. The predicted molar refractivity (Wildman–Crippen MR) is 107 cm³/mol. The van der Waals surface area contributed by atoms with Crippen LogP contribution in [-0.2, 0) is 0 Å². The average Bonchev–Trinajstić information content (AvgIpc) is 3.36. The third-order valence-corrected chi connectivity index (χ3v) is 7.02. The van der Waals surface area contributed by atoms with E-state index in [2.05, 4.69) is 33.6 Å². The Hall–Kier alpha value is -2.09. The van der Waals surface area contributed by atoms with Crippen LogP contribution in [0.1, 0.15) is 24.1 Å². The summed E-state index contributed by atoms with van der Waals surface area (Å²) in [6, 6.07) is 8.27. The lowest BCUT2D eigenvalue weighted by Gasteiger charge is -2.12. The van der Waals surface area contributed by atoms with Gasteiger partial charge in [0.25, 0.3) is 0 Å². The Bertz CT molecular complexity index is 1100. The summed E-state index contributed by atoms with van der Waals surface area (Å²) in [6.07, 6.45) is 2.92. The number of anilines is 2.